The van der Waals surface area contributed by atoms with Crippen molar-refractivity contribution in [2.75, 3.05) is 0 Å². The van der Waals surface area contributed by atoms with Gasteiger partial charge in [0.2, 0.25) is 6.19 Å². The van der Waals surface area contributed by atoms with Gasteiger partial charge in [0.15, 0.2) is 0 Å². The van der Waals surface area contributed by atoms with Crippen LogP contribution in [0.4, 0.5) is 0 Å². The predicted molar refractivity (Wildman–Crippen MR) is 76.2 cm³/mol. The minimum atomic E-state index is -0.957. The second-order valence-corrected chi connectivity index (χ2v) is 4.56. The molecule has 4 heteroatoms. The molecular weight excluding hydrogens is 252 g/mol. The summed E-state index contributed by atoms with van der Waals surface area (Å²) in [5, 5.41) is 17.7. The Morgan fingerprint density at radius 2 is 2.00 bits per heavy atom. The standard InChI is InChI=1S/C16H14N2O2/c17-11-18-15-9-13(8-14(10-15)16(19)20)7-6-12-4-2-1-3-5-12/h1-5,8-9H,6-7,10H2,(H,19,20). The number of carboxylic acid groups (broad SMARTS) is 1. The van der Waals surface area contributed by atoms with Crippen molar-refractivity contribution in [3.63, 3.8) is 0 Å². The summed E-state index contributed by atoms with van der Waals surface area (Å²) in [4.78, 5) is 14.8. The van der Waals surface area contributed by atoms with Crippen LogP contribution in [0.2, 0.25) is 0 Å². The Bertz CT molecular complexity index is 634. The van der Waals surface area contributed by atoms with Crippen LogP contribution in [0.1, 0.15) is 18.4 Å². The Labute approximate surface area is 117 Å². The van der Waals surface area contributed by atoms with Crippen molar-refractivity contribution in [2.45, 2.75) is 19.3 Å². The van der Waals surface area contributed by atoms with Gasteiger partial charge in [-0.15, -0.1) is 0 Å². The molecule has 1 aromatic carbocycles. The van der Waals surface area contributed by atoms with E-state index in [0.29, 0.717) is 5.71 Å². The van der Waals surface area contributed by atoms with E-state index in [1.165, 1.54) is 5.56 Å². The van der Waals surface area contributed by atoms with Gasteiger partial charge in [0.25, 0.3) is 0 Å². The van der Waals surface area contributed by atoms with E-state index in [-0.39, 0.29) is 12.0 Å². The molecular formula is C16H14N2O2. The molecule has 100 valence electrons. The first-order valence-electron chi connectivity index (χ1n) is 6.33. The van der Waals surface area contributed by atoms with E-state index in [9.17, 15) is 4.79 Å². The number of allylic oxidation sites excluding steroid dienone is 3. The molecule has 20 heavy (non-hydrogen) atoms. The van der Waals surface area contributed by atoms with Crippen molar-refractivity contribution in [1.82, 2.24) is 0 Å². The van der Waals surface area contributed by atoms with Crippen molar-refractivity contribution in [1.29, 1.82) is 5.26 Å². The molecule has 0 fully saturated rings. The Balaban J connectivity index is 2.14. The molecule has 0 radical (unpaired) electrons. The second-order valence-electron chi connectivity index (χ2n) is 4.56. The highest BCUT2D eigenvalue weighted by Crippen LogP contribution is 2.20. The number of hydrogen-bond acceptors (Lipinski definition) is 3. The fourth-order valence-corrected chi connectivity index (χ4v) is 2.13. The quantitative estimate of drug-likeness (QED) is 0.851. The second kappa shape index (κ2) is 6.48. The van der Waals surface area contributed by atoms with E-state index in [0.717, 1.165) is 18.4 Å². The van der Waals surface area contributed by atoms with Gasteiger partial charge in [-0.05, 0) is 36.1 Å². The lowest BCUT2D eigenvalue weighted by atomic mass is 9.94. The van der Waals surface area contributed by atoms with Crippen molar-refractivity contribution < 1.29 is 9.90 Å². The van der Waals surface area contributed by atoms with Crippen LogP contribution in [-0.2, 0) is 11.2 Å². The minimum Gasteiger partial charge on any atom is -0.478 e. The molecule has 0 unspecified atom stereocenters. The summed E-state index contributed by atoms with van der Waals surface area (Å²) in [7, 11) is 0. The summed E-state index contributed by atoms with van der Waals surface area (Å²) in [6, 6.07) is 9.99. The molecule has 4 nitrogen and oxygen atoms in total. The molecule has 0 saturated carbocycles. The average Bonchev–Trinajstić information content (AvgIpc) is 2.46. The molecule has 0 spiro atoms. The van der Waals surface area contributed by atoms with Crippen LogP contribution in [0.15, 0.2) is 58.6 Å². The summed E-state index contributed by atoms with van der Waals surface area (Å²) < 4.78 is 0. The first-order valence-corrected chi connectivity index (χ1v) is 6.33. The number of aliphatic imine (C=N–C) groups is 1. The molecule has 1 N–H and O–H groups in total. The zero-order valence-electron chi connectivity index (χ0n) is 10.9. The zero-order chi connectivity index (χ0) is 14.4. The van der Waals surface area contributed by atoms with Gasteiger partial charge < -0.3 is 5.11 Å². The van der Waals surface area contributed by atoms with E-state index in [2.05, 4.69) is 4.99 Å². The molecule has 0 aliphatic heterocycles. The highest BCUT2D eigenvalue weighted by molar-refractivity contribution is 6.05. The molecule has 0 amide bonds. The fourth-order valence-electron chi connectivity index (χ4n) is 2.13. The maximum absolute atomic E-state index is 11.1. The topological polar surface area (TPSA) is 73.5 Å². The van der Waals surface area contributed by atoms with Gasteiger partial charge in [0.05, 0.1) is 5.71 Å². The smallest absolute Gasteiger partial charge is 0.331 e. The maximum Gasteiger partial charge on any atom is 0.331 e. The first kappa shape index (κ1) is 13.8. The molecule has 0 aromatic heterocycles. The van der Waals surface area contributed by atoms with Gasteiger partial charge >= 0.3 is 5.97 Å². The van der Waals surface area contributed by atoms with Crippen LogP contribution in [0, 0.1) is 11.5 Å². The van der Waals surface area contributed by atoms with Gasteiger partial charge in [0.1, 0.15) is 0 Å². The minimum absolute atomic E-state index is 0.206. The first-order chi connectivity index (χ1) is 9.69. The van der Waals surface area contributed by atoms with Crippen LogP contribution >= 0.6 is 0 Å². The lowest BCUT2D eigenvalue weighted by Crippen LogP contribution is -2.11. The summed E-state index contributed by atoms with van der Waals surface area (Å²) in [5.74, 6) is -0.957. The maximum atomic E-state index is 11.1. The van der Waals surface area contributed by atoms with Crippen molar-refractivity contribution in [3.8, 4) is 6.19 Å². The largest absolute Gasteiger partial charge is 0.478 e. The third kappa shape index (κ3) is 3.66. The highest BCUT2D eigenvalue weighted by atomic mass is 16.4. The van der Waals surface area contributed by atoms with Gasteiger partial charge in [-0.2, -0.15) is 10.3 Å². The average molecular weight is 266 g/mol. The number of rotatable bonds is 4. The third-order valence-corrected chi connectivity index (χ3v) is 3.10. The number of aliphatic carboxylic acids is 1. The number of hydrogen-bond donors (Lipinski definition) is 1. The fraction of sp³-hybridized carbons (Fsp3) is 0.188. The zero-order valence-corrected chi connectivity index (χ0v) is 10.9. The lowest BCUT2D eigenvalue weighted by molar-refractivity contribution is -0.132. The Morgan fingerprint density at radius 3 is 2.65 bits per heavy atom. The SMILES string of the molecule is N#CN=C1C=C(CCc2ccccc2)C=C(C(=O)O)C1. The van der Waals surface area contributed by atoms with Crippen LogP contribution in [0.5, 0.6) is 0 Å². The Hall–Kier alpha value is -2.67. The number of aryl methyl sites for hydroxylation is 1. The summed E-state index contributed by atoms with van der Waals surface area (Å²) >= 11 is 0. The van der Waals surface area contributed by atoms with Crippen molar-refractivity contribution in [3.05, 3.63) is 59.2 Å². The van der Waals surface area contributed by atoms with E-state index >= 15 is 0 Å². The molecule has 1 aliphatic carbocycles. The van der Waals surface area contributed by atoms with E-state index in [4.69, 9.17) is 10.4 Å². The van der Waals surface area contributed by atoms with E-state index < -0.39 is 5.97 Å². The van der Waals surface area contributed by atoms with Gasteiger partial charge in [-0.3, -0.25) is 0 Å². The van der Waals surface area contributed by atoms with E-state index in [1.807, 2.05) is 30.3 Å². The third-order valence-electron chi connectivity index (χ3n) is 3.10. The molecule has 1 aromatic rings. The normalized spacial score (nSPS) is 16.2. The van der Waals surface area contributed by atoms with Crippen molar-refractivity contribution >= 4 is 11.7 Å². The number of nitriles is 1. The van der Waals surface area contributed by atoms with Gasteiger partial charge in [0, 0.05) is 12.0 Å². The number of carboxylic acids is 1. The summed E-state index contributed by atoms with van der Waals surface area (Å²) in [5.41, 5.74) is 2.88. The van der Waals surface area contributed by atoms with E-state index in [1.54, 1.807) is 18.3 Å². The highest BCUT2D eigenvalue weighted by Gasteiger charge is 2.16. The molecule has 0 bridgehead atoms. The Morgan fingerprint density at radius 1 is 1.25 bits per heavy atom. The molecule has 2 rings (SSSR count). The van der Waals surface area contributed by atoms with Crippen LogP contribution in [0.25, 0.3) is 0 Å². The molecule has 1 aliphatic rings. The predicted octanol–water partition coefficient (Wildman–Crippen LogP) is 2.88. The lowest BCUT2D eigenvalue weighted by Gasteiger charge is -2.12. The van der Waals surface area contributed by atoms with Crippen molar-refractivity contribution in [2.24, 2.45) is 4.99 Å². The Kier molecular flexibility index (Phi) is 4.46. The van der Waals surface area contributed by atoms with Gasteiger partial charge in [-0.25, -0.2) is 4.79 Å². The van der Waals surface area contributed by atoms with Crippen LogP contribution < -0.4 is 0 Å². The van der Waals surface area contributed by atoms with Crippen LogP contribution in [-0.4, -0.2) is 16.8 Å². The molecule has 0 saturated heterocycles. The number of benzene rings is 1. The van der Waals surface area contributed by atoms with Gasteiger partial charge in [-0.1, -0.05) is 30.3 Å². The molecule has 0 atom stereocenters. The number of carbonyl (C=O) groups is 1. The summed E-state index contributed by atoms with van der Waals surface area (Å²) in [6.45, 7) is 0. The number of nitrogens with zero attached hydrogens (tertiary/aromatic N) is 2. The summed E-state index contributed by atoms with van der Waals surface area (Å²) in [6.07, 6.45) is 6.96. The van der Waals surface area contributed by atoms with Crippen LogP contribution in [0.3, 0.4) is 0 Å². The monoisotopic (exact) mass is 266 g/mol. The molecule has 0 heterocycles.